The van der Waals surface area contributed by atoms with Gasteiger partial charge in [0.05, 0.1) is 11.0 Å². The van der Waals surface area contributed by atoms with Crippen molar-refractivity contribution in [2.75, 3.05) is 0 Å². The molecule has 0 unspecified atom stereocenters. The van der Waals surface area contributed by atoms with Crippen molar-refractivity contribution >= 4 is 37.7 Å². The molecule has 0 bridgehead atoms. The SMILES string of the molecule is Brc1cc(-c2ccccc2)cc(-c2ccc3c4ccccc4n(-c4ccccc4)c3c2)c1. The van der Waals surface area contributed by atoms with E-state index < -0.39 is 0 Å². The second-order valence-corrected chi connectivity index (χ2v) is 8.93. The van der Waals surface area contributed by atoms with E-state index in [1.165, 1.54) is 49.7 Å². The molecule has 0 aliphatic heterocycles. The lowest BCUT2D eigenvalue weighted by molar-refractivity contribution is 1.18. The minimum absolute atomic E-state index is 1.08. The average Bonchev–Trinajstić information content (AvgIpc) is 3.18. The molecule has 0 radical (unpaired) electrons. The number of nitrogens with zero attached hydrogens (tertiary/aromatic N) is 1. The Morgan fingerprint density at radius 2 is 1.06 bits per heavy atom. The number of fused-ring (bicyclic) bond motifs is 3. The molecule has 1 nitrogen and oxygen atoms in total. The van der Waals surface area contributed by atoms with Crippen LogP contribution in [-0.4, -0.2) is 4.57 Å². The first-order chi connectivity index (χ1) is 15.8. The second-order valence-electron chi connectivity index (χ2n) is 8.01. The number of halogens is 1. The molecule has 0 aliphatic rings. The molecule has 0 N–H and O–H groups in total. The summed E-state index contributed by atoms with van der Waals surface area (Å²) in [6.45, 7) is 0. The Morgan fingerprint density at radius 1 is 0.438 bits per heavy atom. The van der Waals surface area contributed by atoms with Crippen molar-refractivity contribution in [1.82, 2.24) is 4.57 Å². The van der Waals surface area contributed by atoms with E-state index in [4.69, 9.17) is 0 Å². The summed E-state index contributed by atoms with van der Waals surface area (Å²) in [6, 6.07) is 43.2. The minimum atomic E-state index is 1.08. The molecule has 0 spiro atoms. The van der Waals surface area contributed by atoms with Crippen LogP contribution in [0.4, 0.5) is 0 Å². The molecule has 5 aromatic carbocycles. The Morgan fingerprint density at radius 3 is 1.84 bits per heavy atom. The summed E-state index contributed by atoms with van der Waals surface area (Å²) in [7, 11) is 0. The van der Waals surface area contributed by atoms with E-state index in [1.807, 2.05) is 0 Å². The van der Waals surface area contributed by atoms with Gasteiger partial charge < -0.3 is 4.57 Å². The molecule has 152 valence electrons. The van der Waals surface area contributed by atoms with Crippen LogP contribution in [0.2, 0.25) is 0 Å². The highest BCUT2D eigenvalue weighted by Crippen LogP contribution is 2.36. The van der Waals surface area contributed by atoms with Crippen molar-refractivity contribution in [3.8, 4) is 27.9 Å². The third kappa shape index (κ3) is 3.24. The van der Waals surface area contributed by atoms with Gasteiger partial charge in [-0.1, -0.05) is 94.8 Å². The van der Waals surface area contributed by atoms with E-state index in [1.54, 1.807) is 0 Å². The van der Waals surface area contributed by atoms with Crippen LogP contribution < -0.4 is 0 Å². The second kappa shape index (κ2) is 7.81. The summed E-state index contributed by atoms with van der Waals surface area (Å²) >= 11 is 3.73. The number of hydrogen-bond acceptors (Lipinski definition) is 0. The standard InChI is InChI=1S/C30H20BrN/c31-25-18-23(21-9-3-1-4-10-21)17-24(19-25)22-15-16-28-27-13-7-8-14-29(27)32(30(28)20-22)26-11-5-2-6-12-26/h1-20H. The zero-order valence-electron chi connectivity index (χ0n) is 17.4. The monoisotopic (exact) mass is 473 g/mol. The number of hydrogen-bond donors (Lipinski definition) is 0. The van der Waals surface area contributed by atoms with Gasteiger partial charge in [-0.25, -0.2) is 0 Å². The first-order valence-corrected chi connectivity index (χ1v) is 11.5. The van der Waals surface area contributed by atoms with Gasteiger partial charge in [0.2, 0.25) is 0 Å². The Kier molecular flexibility index (Phi) is 4.66. The number of para-hydroxylation sites is 2. The topological polar surface area (TPSA) is 4.93 Å². The van der Waals surface area contributed by atoms with E-state index in [-0.39, 0.29) is 0 Å². The van der Waals surface area contributed by atoms with Crippen molar-refractivity contribution in [1.29, 1.82) is 0 Å². The fourth-order valence-electron chi connectivity index (χ4n) is 4.56. The zero-order valence-corrected chi connectivity index (χ0v) is 19.0. The average molecular weight is 474 g/mol. The van der Waals surface area contributed by atoms with E-state index in [0.29, 0.717) is 0 Å². The van der Waals surface area contributed by atoms with Gasteiger partial charge in [-0.15, -0.1) is 0 Å². The molecule has 1 aromatic heterocycles. The van der Waals surface area contributed by atoms with Crippen LogP contribution in [0, 0.1) is 0 Å². The van der Waals surface area contributed by atoms with Gasteiger partial charge in [0.15, 0.2) is 0 Å². The summed E-state index contributed by atoms with van der Waals surface area (Å²) in [5.74, 6) is 0. The molecule has 6 rings (SSSR count). The quantitative estimate of drug-likeness (QED) is 0.241. The molecule has 6 aromatic rings. The van der Waals surface area contributed by atoms with Crippen molar-refractivity contribution in [2.45, 2.75) is 0 Å². The zero-order chi connectivity index (χ0) is 21.5. The fourth-order valence-corrected chi connectivity index (χ4v) is 5.05. The van der Waals surface area contributed by atoms with Gasteiger partial charge in [0.1, 0.15) is 0 Å². The summed E-state index contributed by atoms with van der Waals surface area (Å²) in [5, 5.41) is 2.55. The van der Waals surface area contributed by atoms with Crippen molar-refractivity contribution in [2.24, 2.45) is 0 Å². The highest BCUT2D eigenvalue weighted by atomic mass is 79.9. The molecule has 0 aliphatic carbocycles. The van der Waals surface area contributed by atoms with Gasteiger partial charge in [-0.2, -0.15) is 0 Å². The van der Waals surface area contributed by atoms with E-state index in [0.717, 1.165) is 4.47 Å². The molecule has 0 fully saturated rings. The van der Waals surface area contributed by atoms with E-state index in [9.17, 15) is 0 Å². The number of aromatic nitrogens is 1. The van der Waals surface area contributed by atoms with Gasteiger partial charge in [0, 0.05) is 20.9 Å². The summed E-state index contributed by atoms with van der Waals surface area (Å²) in [6.07, 6.45) is 0. The van der Waals surface area contributed by atoms with Crippen LogP contribution in [0.5, 0.6) is 0 Å². The maximum absolute atomic E-state index is 3.73. The third-order valence-corrected chi connectivity index (χ3v) is 6.48. The van der Waals surface area contributed by atoms with Crippen LogP contribution >= 0.6 is 15.9 Å². The Hall–Kier alpha value is -3.62. The molecule has 1 heterocycles. The number of rotatable bonds is 3. The van der Waals surface area contributed by atoms with E-state index >= 15 is 0 Å². The maximum Gasteiger partial charge on any atom is 0.0547 e. The van der Waals surface area contributed by atoms with Gasteiger partial charge in [0.25, 0.3) is 0 Å². The van der Waals surface area contributed by atoms with Crippen molar-refractivity contribution < 1.29 is 0 Å². The Balaban J connectivity index is 1.60. The lowest BCUT2D eigenvalue weighted by atomic mass is 9.98. The molecule has 0 saturated carbocycles. The largest absolute Gasteiger partial charge is 0.309 e. The summed E-state index contributed by atoms with van der Waals surface area (Å²) in [5.41, 5.74) is 8.45. The van der Waals surface area contributed by atoms with Crippen molar-refractivity contribution in [3.05, 3.63) is 126 Å². The highest BCUT2D eigenvalue weighted by molar-refractivity contribution is 9.10. The van der Waals surface area contributed by atoms with Crippen LogP contribution in [0.25, 0.3) is 49.7 Å². The van der Waals surface area contributed by atoms with Crippen LogP contribution in [0.3, 0.4) is 0 Å². The third-order valence-electron chi connectivity index (χ3n) is 6.03. The Bertz CT molecular complexity index is 1560. The van der Waals surface area contributed by atoms with Crippen LogP contribution in [0.1, 0.15) is 0 Å². The van der Waals surface area contributed by atoms with Gasteiger partial charge >= 0.3 is 0 Å². The van der Waals surface area contributed by atoms with Gasteiger partial charge in [-0.05, 0) is 64.7 Å². The lowest BCUT2D eigenvalue weighted by Crippen LogP contribution is -1.93. The first kappa shape index (κ1) is 19.1. The summed E-state index contributed by atoms with van der Waals surface area (Å²) in [4.78, 5) is 0. The van der Waals surface area contributed by atoms with Crippen LogP contribution in [0.15, 0.2) is 126 Å². The predicted molar refractivity (Wildman–Crippen MR) is 139 cm³/mol. The molecule has 0 amide bonds. The minimum Gasteiger partial charge on any atom is -0.309 e. The fraction of sp³-hybridized carbons (Fsp3) is 0. The Labute approximate surface area is 195 Å². The van der Waals surface area contributed by atoms with Crippen LogP contribution in [-0.2, 0) is 0 Å². The molecular formula is C30H20BrN. The first-order valence-electron chi connectivity index (χ1n) is 10.7. The predicted octanol–water partition coefficient (Wildman–Crippen LogP) is 8.88. The molecular weight excluding hydrogens is 454 g/mol. The molecule has 0 atom stereocenters. The number of benzene rings is 5. The smallest absolute Gasteiger partial charge is 0.0547 e. The molecule has 2 heteroatoms. The molecule has 0 saturated heterocycles. The summed E-state index contributed by atoms with van der Waals surface area (Å²) < 4.78 is 3.45. The highest BCUT2D eigenvalue weighted by Gasteiger charge is 2.13. The molecule has 32 heavy (non-hydrogen) atoms. The normalized spacial score (nSPS) is 11.3. The maximum atomic E-state index is 3.73. The van der Waals surface area contributed by atoms with Crippen molar-refractivity contribution in [3.63, 3.8) is 0 Å². The van der Waals surface area contributed by atoms with E-state index in [2.05, 4.69) is 142 Å². The van der Waals surface area contributed by atoms with Gasteiger partial charge in [-0.3, -0.25) is 0 Å². The lowest BCUT2D eigenvalue weighted by Gasteiger charge is -2.10.